The molecule has 0 atom stereocenters. The predicted octanol–water partition coefficient (Wildman–Crippen LogP) is 6.44. The lowest BCUT2D eigenvalue weighted by Crippen LogP contribution is -1.90. The minimum atomic E-state index is 0.665. The maximum Gasteiger partial charge on any atom is 0.144 e. The van der Waals surface area contributed by atoms with Gasteiger partial charge in [-0.1, -0.05) is 40.9 Å². The van der Waals surface area contributed by atoms with Gasteiger partial charge in [0.2, 0.25) is 0 Å². The highest BCUT2D eigenvalue weighted by Crippen LogP contribution is 2.29. The third kappa shape index (κ3) is 3.73. The molecule has 0 saturated carbocycles. The van der Waals surface area contributed by atoms with Crippen LogP contribution in [0, 0.1) is 0 Å². The van der Waals surface area contributed by atoms with E-state index in [0.29, 0.717) is 21.5 Å². The summed E-state index contributed by atoms with van der Waals surface area (Å²) in [5.41, 5.74) is 1.87. The molecule has 0 fully saturated rings. The van der Waals surface area contributed by atoms with Crippen molar-refractivity contribution < 1.29 is 0 Å². The van der Waals surface area contributed by atoms with Crippen molar-refractivity contribution in [3.8, 4) is 0 Å². The Hall–Kier alpha value is -1.26. The Bertz CT molecular complexity index is 764. The van der Waals surface area contributed by atoms with Crippen molar-refractivity contribution >= 4 is 57.8 Å². The number of nitrogens with zero attached hydrogens (tertiary/aromatic N) is 1. The smallest absolute Gasteiger partial charge is 0.144 e. The number of hydrogen-bond donors (Lipinski definition) is 1. The Morgan fingerprint density at radius 3 is 2.32 bits per heavy atom. The van der Waals surface area contributed by atoms with Gasteiger partial charge in [-0.2, -0.15) is 4.37 Å². The minimum absolute atomic E-state index is 0.665. The highest BCUT2D eigenvalue weighted by molar-refractivity contribution is 7.06. The molecule has 0 bridgehead atoms. The maximum absolute atomic E-state index is 6.20. The van der Waals surface area contributed by atoms with E-state index in [1.807, 2.05) is 48.5 Å². The van der Waals surface area contributed by atoms with Crippen LogP contribution in [0.15, 0.2) is 48.5 Å². The third-order valence-electron chi connectivity index (χ3n) is 3.09. The molecule has 0 amide bonds. The molecule has 22 heavy (non-hydrogen) atoms. The van der Waals surface area contributed by atoms with Crippen molar-refractivity contribution in [3.05, 3.63) is 74.0 Å². The lowest BCUT2D eigenvalue weighted by Gasteiger charge is -2.04. The van der Waals surface area contributed by atoms with Gasteiger partial charge in [-0.15, -0.1) is 0 Å². The number of halogens is 3. The molecule has 0 unspecified atom stereocenters. The fourth-order valence-corrected chi connectivity index (χ4v) is 3.36. The van der Waals surface area contributed by atoms with Crippen molar-refractivity contribution in [2.45, 2.75) is 6.42 Å². The highest BCUT2D eigenvalue weighted by atomic mass is 35.5. The monoisotopic (exact) mass is 368 g/mol. The van der Waals surface area contributed by atoms with Gasteiger partial charge in [-0.3, -0.25) is 0 Å². The van der Waals surface area contributed by atoms with Crippen LogP contribution in [0.3, 0.4) is 0 Å². The van der Waals surface area contributed by atoms with Crippen LogP contribution in [0.25, 0.3) is 0 Å². The van der Waals surface area contributed by atoms with Crippen LogP contribution in [-0.4, -0.2) is 4.37 Å². The summed E-state index contributed by atoms with van der Waals surface area (Å²) in [6.45, 7) is 0. The Morgan fingerprint density at radius 2 is 1.64 bits per heavy atom. The Morgan fingerprint density at radius 1 is 0.955 bits per heavy atom. The fourth-order valence-electron chi connectivity index (χ4n) is 2.01. The molecule has 1 aromatic heterocycles. The highest BCUT2D eigenvalue weighted by Gasteiger charge is 2.09. The number of hydrogen-bond acceptors (Lipinski definition) is 3. The predicted molar refractivity (Wildman–Crippen MR) is 96.1 cm³/mol. The molecule has 0 aliphatic heterocycles. The number of benzene rings is 2. The van der Waals surface area contributed by atoms with E-state index in [1.54, 1.807) is 0 Å². The van der Waals surface area contributed by atoms with Gasteiger partial charge >= 0.3 is 0 Å². The molecule has 0 aliphatic rings. The summed E-state index contributed by atoms with van der Waals surface area (Å²) in [4.78, 5) is 1.09. The van der Waals surface area contributed by atoms with Crippen molar-refractivity contribution in [1.29, 1.82) is 0 Å². The van der Waals surface area contributed by atoms with Crippen molar-refractivity contribution in [2.75, 3.05) is 5.32 Å². The van der Waals surface area contributed by atoms with Crippen LogP contribution in [0.2, 0.25) is 15.1 Å². The first-order valence-electron chi connectivity index (χ1n) is 6.53. The van der Waals surface area contributed by atoms with Gasteiger partial charge in [0.05, 0.1) is 0 Å². The van der Waals surface area contributed by atoms with E-state index in [9.17, 15) is 0 Å². The molecule has 1 heterocycles. The topological polar surface area (TPSA) is 24.9 Å². The molecule has 0 saturated heterocycles. The van der Waals surface area contributed by atoms with Crippen molar-refractivity contribution in [1.82, 2.24) is 4.37 Å². The average Bonchev–Trinajstić information content (AvgIpc) is 2.93. The third-order valence-corrected chi connectivity index (χ3v) is 4.83. The number of rotatable bonds is 4. The zero-order valence-electron chi connectivity index (χ0n) is 11.3. The Balaban J connectivity index is 1.75. The molecule has 3 aromatic rings. The standard InChI is InChI=1S/C16H11Cl3N2S/c17-10-4-6-11(7-5-10)20-16-9-12(22-21-16)8-13-14(18)2-1-3-15(13)19/h1-7,9H,8H2,(H,20,21). The van der Waals surface area contributed by atoms with E-state index in [2.05, 4.69) is 9.69 Å². The average molecular weight is 370 g/mol. The van der Waals surface area contributed by atoms with E-state index >= 15 is 0 Å². The Labute approximate surface area is 147 Å². The van der Waals surface area contributed by atoms with Gasteiger partial charge in [-0.05, 0) is 59.6 Å². The molecule has 6 heteroatoms. The van der Waals surface area contributed by atoms with Crippen molar-refractivity contribution in [3.63, 3.8) is 0 Å². The normalized spacial score (nSPS) is 10.7. The largest absolute Gasteiger partial charge is 0.339 e. The van der Waals surface area contributed by atoms with E-state index in [-0.39, 0.29) is 0 Å². The number of aromatic nitrogens is 1. The number of anilines is 2. The second-order valence-electron chi connectivity index (χ2n) is 4.69. The van der Waals surface area contributed by atoms with E-state index in [0.717, 1.165) is 21.9 Å². The molecule has 2 aromatic carbocycles. The van der Waals surface area contributed by atoms with E-state index in [1.165, 1.54) is 11.5 Å². The fraction of sp³-hybridized carbons (Fsp3) is 0.0625. The summed E-state index contributed by atoms with van der Waals surface area (Å²) in [6, 6.07) is 15.0. The molecular weight excluding hydrogens is 359 g/mol. The van der Waals surface area contributed by atoms with Crippen LogP contribution in [0.4, 0.5) is 11.5 Å². The summed E-state index contributed by atoms with van der Waals surface area (Å²) in [5.74, 6) is 0.797. The van der Waals surface area contributed by atoms with Gasteiger partial charge in [0.1, 0.15) is 5.82 Å². The van der Waals surface area contributed by atoms with Gasteiger partial charge in [-0.25, -0.2) is 0 Å². The zero-order valence-corrected chi connectivity index (χ0v) is 14.4. The molecule has 0 aliphatic carbocycles. The second-order valence-corrected chi connectivity index (χ2v) is 6.83. The van der Waals surface area contributed by atoms with Gasteiger partial charge in [0.25, 0.3) is 0 Å². The molecule has 1 N–H and O–H groups in total. The lowest BCUT2D eigenvalue weighted by molar-refractivity contribution is 1.24. The molecule has 0 radical (unpaired) electrons. The summed E-state index contributed by atoms with van der Waals surface area (Å²) < 4.78 is 4.40. The zero-order chi connectivity index (χ0) is 15.5. The van der Waals surface area contributed by atoms with Crippen molar-refractivity contribution in [2.24, 2.45) is 0 Å². The van der Waals surface area contributed by atoms with Crippen LogP contribution in [0.5, 0.6) is 0 Å². The summed E-state index contributed by atoms with van der Waals surface area (Å²) in [7, 11) is 0. The van der Waals surface area contributed by atoms with Crippen LogP contribution >= 0.6 is 46.3 Å². The lowest BCUT2D eigenvalue weighted by atomic mass is 10.1. The van der Waals surface area contributed by atoms with Gasteiger partial charge in [0, 0.05) is 32.1 Å². The van der Waals surface area contributed by atoms with Crippen LogP contribution in [-0.2, 0) is 6.42 Å². The van der Waals surface area contributed by atoms with E-state index in [4.69, 9.17) is 34.8 Å². The SMILES string of the molecule is Clc1ccc(Nc2cc(Cc3c(Cl)cccc3Cl)sn2)cc1. The number of nitrogens with one attached hydrogen (secondary N) is 1. The first-order chi connectivity index (χ1) is 10.6. The summed E-state index contributed by atoms with van der Waals surface area (Å²) >= 11 is 19.7. The summed E-state index contributed by atoms with van der Waals surface area (Å²) in [5, 5.41) is 5.30. The minimum Gasteiger partial charge on any atom is -0.339 e. The summed E-state index contributed by atoms with van der Waals surface area (Å²) in [6.07, 6.45) is 0.665. The molecular formula is C16H11Cl3N2S. The quantitative estimate of drug-likeness (QED) is 0.572. The first-order valence-corrected chi connectivity index (χ1v) is 8.43. The molecule has 3 rings (SSSR count). The molecule has 112 valence electrons. The second kappa shape index (κ2) is 6.88. The van der Waals surface area contributed by atoms with Crippen LogP contribution < -0.4 is 5.32 Å². The van der Waals surface area contributed by atoms with Gasteiger partial charge < -0.3 is 5.32 Å². The Kier molecular flexibility index (Phi) is 4.89. The molecule has 0 spiro atoms. The van der Waals surface area contributed by atoms with Crippen LogP contribution in [0.1, 0.15) is 10.4 Å². The van der Waals surface area contributed by atoms with E-state index < -0.39 is 0 Å². The molecule has 2 nitrogen and oxygen atoms in total. The first kappa shape index (κ1) is 15.6. The van der Waals surface area contributed by atoms with Gasteiger partial charge in [0.15, 0.2) is 0 Å². The maximum atomic E-state index is 6.20.